The Morgan fingerprint density at radius 2 is 2.21 bits per heavy atom. The molecule has 0 aromatic carbocycles. The number of terminal acetylenes is 1. The largest absolute Gasteiger partial charge is 0.352 e. The van der Waals surface area contributed by atoms with Crippen LogP contribution >= 0.6 is 0 Å². The smallest absolute Gasteiger partial charge is 0.232 e. The van der Waals surface area contributed by atoms with E-state index < -0.39 is 0 Å². The van der Waals surface area contributed by atoms with Gasteiger partial charge in [-0.25, -0.2) is 0 Å². The number of nitrogens with two attached hydrogens (primary N) is 1. The summed E-state index contributed by atoms with van der Waals surface area (Å²) in [5, 5.41) is 2.96. The highest BCUT2D eigenvalue weighted by atomic mass is 16.1. The number of amides is 1. The van der Waals surface area contributed by atoms with Gasteiger partial charge in [0, 0.05) is 6.04 Å². The van der Waals surface area contributed by atoms with E-state index in [4.69, 9.17) is 12.2 Å². The first-order chi connectivity index (χ1) is 6.77. The molecule has 1 aliphatic carbocycles. The van der Waals surface area contributed by atoms with Gasteiger partial charge in [0.2, 0.25) is 5.91 Å². The number of nitrogens with one attached hydrogen (secondary N) is 1. The molecule has 78 valence electrons. The van der Waals surface area contributed by atoms with Crippen molar-refractivity contribution in [3.8, 4) is 12.3 Å². The lowest BCUT2D eigenvalue weighted by molar-refractivity contribution is -0.121. The van der Waals surface area contributed by atoms with Gasteiger partial charge in [0.1, 0.15) is 0 Å². The Hall–Kier alpha value is -1.01. The van der Waals surface area contributed by atoms with Gasteiger partial charge in [-0.15, -0.1) is 6.42 Å². The van der Waals surface area contributed by atoms with E-state index in [-0.39, 0.29) is 18.4 Å². The average Bonchev–Trinajstić information content (AvgIpc) is 2.19. The standard InChI is InChI=1S/C11H18N2O/c1-2-5-11(14)13-10-7-4-3-6-9(10)8-12/h1,9-10H,3-8,12H2,(H,13,14). The number of carbonyl (C=O) groups excluding carboxylic acids is 1. The van der Waals surface area contributed by atoms with Crippen LogP contribution in [0.4, 0.5) is 0 Å². The van der Waals surface area contributed by atoms with Crippen LogP contribution in [0.3, 0.4) is 0 Å². The van der Waals surface area contributed by atoms with Crippen LogP contribution in [0.2, 0.25) is 0 Å². The van der Waals surface area contributed by atoms with Crippen molar-refractivity contribution in [2.75, 3.05) is 6.54 Å². The molecule has 1 saturated carbocycles. The molecule has 0 bridgehead atoms. The third kappa shape index (κ3) is 3.04. The summed E-state index contributed by atoms with van der Waals surface area (Å²) in [5.74, 6) is 2.74. The highest BCUT2D eigenvalue weighted by Crippen LogP contribution is 2.23. The van der Waals surface area contributed by atoms with Crippen molar-refractivity contribution < 1.29 is 4.79 Å². The van der Waals surface area contributed by atoms with Gasteiger partial charge in [-0.1, -0.05) is 18.8 Å². The minimum atomic E-state index is -0.0437. The maximum Gasteiger partial charge on any atom is 0.232 e. The first-order valence-electron chi connectivity index (χ1n) is 5.20. The zero-order valence-corrected chi connectivity index (χ0v) is 8.46. The fourth-order valence-corrected chi connectivity index (χ4v) is 2.03. The average molecular weight is 194 g/mol. The van der Waals surface area contributed by atoms with Gasteiger partial charge >= 0.3 is 0 Å². The summed E-state index contributed by atoms with van der Waals surface area (Å²) < 4.78 is 0. The van der Waals surface area contributed by atoms with E-state index in [2.05, 4.69) is 11.2 Å². The molecule has 3 heteroatoms. The van der Waals surface area contributed by atoms with Crippen LogP contribution in [-0.4, -0.2) is 18.5 Å². The van der Waals surface area contributed by atoms with E-state index in [1.165, 1.54) is 12.8 Å². The van der Waals surface area contributed by atoms with E-state index in [9.17, 15) is 4.79 Å². The molecule has 14 heavy (non-hydrogen) atoms. The number of hydrogen-bond acceptors (Lipinski definition) is 2. The number of rotatable bonds is 3. The molecule has 0 saturated heterocycles. The van der Waals surface area contributed by atoms with Crippen molar-refractivity contribution in [1.82, 2.24) is 5.32 Å². The quantitative estimate of drug-likeness (QED) is 0.648. The molecule has 0 aromatic heterocycles. The Bertz CT molecular complexity index is 232. The molecular weight excluding hydrogens is 176 g/mol. The summed E-state index contributed by atoms with van der Waals surface area (Å²) in [6.07, 6.45) is 9.81. The van der Waals surface area contributed by atoms with Crippen LogP contribution in [-0.2, 0) is 4.79 Å². The van der Waals surface area contributed by atoms with Crippen molar-refractivity contribution in [3.05, 3.63) is 0 Å². The molecular formula is C11H18N2O. The highest BCUT2D eigenvalue weighted by molar-refractivity contribution is 5.78. The molecule has 0 spiro atoms. The van der Waals surface area contributed by atoms with Gasteiger partial charge in [-0.2, -0.15) is 0 Å². The summed E-state index contributed by atoms with van der Waals surface area (Å²) >= 11 is 0. The predicted octanol–water partition coefficient (Wildman–Crippen LogP) is 0.643. The van der Waals surface area contributed by atoms with E-state index in [0.29, 0.717) is 12.5 Å². The van der Waals surface area contributed by atoms with Crippen molar-refractivity contribution in [1.29, 1.82) is 0 Å². The minimum absolute atomic E-state index is 0.0437. The van der Waals surface area contributed by atoms with Crippen LogP contribution in [0.25, 0.3) is 0 Å². The van der Waals surface area contributed by atoms with E-state index >= 15 is 0 Å². The summed E-state index contributed by atoms with van der Waals surface area (Å²) in [7, 11) is 0. The summed E-state index contributed by atoms with van der Waals surface area (Å²) in [4.78, 5) is 11.3. The van der Waals surface area contributed by atoms with E-state index in [1.54, 1.807) is 0 Å². The number of carbonyl (C=O) groups is 1. The fraction of sp³-hybridized carbons (Fsp3) is 0.727. The Kier molecular flexibility index (Phi) is 4.48. The monoisotopic (exact) mass is 194 g/mol. The molecule has 3 nitrogen and oxygen atoms in total. The Morgan fingerprint density at radius 1 is 1.50 bits per heavy atom. The molecule has 2 atom stereocenters. The Balaban J connectivity index is 2.40. The second kappa shape index (κ2) is 5.66. The van der Waals surface area contributed by atoms with Gasteiger partial charge in [0.05, 0.1) is 6.42 Å². The molecule has 0 radical (unpaired) electrons. The predicted molar refractivity (Wildman–Crippen MR) is 56.4 cm³/mol. The maximum absolute atomic E-state index is 11.3. The van der Waals surface area contributed by atoms with E-state index in [0.717, 1.165) is 12.8 Å². The molecule has 3 N–H and O–H groups in total. The Morgan fingerprint density at radius 3 is 2.86 bits per heavy atom. The van der Waals surface area contributed by atoms with Gasteiger partial charge in [0.25, 0.3) is 0 Å². The molecule has 2 unspecified atom stereocenters. The lowest BCUT2D eigenvalue weighted by Crippen LogP contribution is -2.44. The minimum Gasteiger partial charge on any atom is -0.352 e. The topological polar surface area (TPSA) is 55.1 Å². The van der Waals surface area contributed by atoms with Crippen LogP contribution < -0.4 is 11.1 Å². The SMILES string of the molecule is C#CCC(=O)NC1CCCCC1CN. The molecule has 1 amide bonds. The van der Waals surface area contributed by atoms with Gasteiger partial charge in [-0.05, 0) is 25.3 Å². The fourth-order valence-electron chi connectivity index (χ4n) is 2.03. The molecule has 0 heterocycles. The van der Waals surface area contributed by atoms with Gasteiger partial charge in [0.15, 0.2) is 0 Å². The third-order valence-electron chi connectivity index (χ3n) is 2.82. The molecule has 0 aromatic rings. The highest BCUT2D eigenvalue weighted by Gasteiger charge is 2.24. The zero-order chi connectivity index (χ0) is 10.4. The zero-order valence-electron chi connectivity index (χ0n) is 8.46. The van der Waals surface area contributed by atoms with Gasteiger partial charge < -0.3 is 11.1 Å². The van der Waals surface area contributed by atoms with Crippen LogP contribution in [0, 0.1) is 18.3 Å². The second-order valence-electron chi connectivity index (χ2n) is 3.84. The van der Waals surface area contributed by atoms with Crippen LogP contribution in [0.5, 0.6) is 0 Å². The lowest BCUT2D eigenvalue weighted by atomic mass is 9.84. The van der Waals surface area contributed by atoms with Crippen molar-refractivity contribution in [3.63, 3.8) is 0 Å². The van der Waals surface area contributed by atoms with Crippen molar-refractivity contribution in [2.45, 2.75) is 38.1 Å². The number of hydrogen-bond donors (Lipinski definition) is 2. The third-order valence-corrected chi connectivity index (χ3v) is 2.82. The first kappa shape index (κ1) is 11.1. The second-order valence-corrected chi connectivity index (χ2v) is 3.84. The van der Waals surface area contributed by atoms with Crippen molar-refractivity contribution in [2.24, 2.45) is 11.7 Å². The molecule has 1 aliphatic rings. The summed E-state index contributed by atoms with van der Waals surface area (Å²) in [5.41, 5.74) is 5.65. The maximum atomic E-state index is 11.3. The molecule has 1 fully saturated rings. The molecule has 0 aliphatic heterocycles. The summed E-state index contributed by atoms with van der Waals surface area (Å²) in [6, 6.07) is 0.245. The van der Waals surface area contributed by atoms with Crippen LogP contribution in [0.1, 0.15) is 32.1 Å². The van der Waals surface area contributed by atoms with Crippen molar-refractivity contribution >= 4 is 5.91 Å². The van der Waals surface area contributed by atoms with Crippen LogP contribution in [0.15, 0.2) is 0 Å². The molecule has 1 rings (SSSR count). The van der Waals surface area contributed by atoms with Gasteiger partial charge in [-0.3, -0.25) is 4.79 Å². The normalized spacial score (nSPS) is 26.6. The van der Waals surface area contributed by atoms with E-state index in [1.807, 2.05) is 0 Å². The summed E-state index contributed by atoms with van der Waals surface area (Å²) in [6.45, 7) is 0.654. The Labute approximate surface area is 85.4 Å². The lowest BCUT2D eigenvalue weighted by Gasteiger charge is -2.31. The first-order valence-corrected chi connectivity index (χ1v) is 5.20.